The van der Waals surface area contributed by atoms with Gasteiger partial charge in [-0.25, -0.2) is 0 Å². The predicted molar refractivity (Wildman–Crippen MR) is 90.3 cm³/mol. The summed E-state index contributed by atoms with van der Waals surface area (Å²) in [5.41, 5.74) is 3.99. The second-order valence-electron chi connectivity index (χ2n) is 6.29. The van der Waals surface area contributed by atoms with Gasteiger partial charge < -0.3 is 14.2 Å². The quantitative estimate of drug-likeness (QED) is 0.865. The maximum Gasteiger partial charge on any atom is 0.107 e. The summed E-state index contributed by atoms with van der Waals surface area (Å²) in [7, 11) is 6.41. The van der Waals surface area contributed by atoms with Gasteiger partial charge in [-0.1, -0.05) is 18.2 Å². The lowest BCUT2D eigenvalue weighted by atomic mass is 9.90. The Labute approximate surface area is 133 Å². The van der Waals surface area contributed by atoms with Gasteiger partial charge in [-0.15, -0.1) is 12.4 Å². The lowest BCUT2D eigenvalue weighted by Gasteiger charge is -2.36. The molecule has 0 fully saturated rings. The molecule has 1 atom stereocenters. The number of hydrogen-bond donors (Lipinski definition) is 0. The number of rotatable bonds is 3. The van der Waals surface area contributed by atoms with E-state index in [4.69, 9.17) is 4.74 Å². The number of ether oxygens (including phenoxy) is 1. The number of para-hydroxylation sites is 1. The third kappa shape index (κ3) is 2.70. The molecule has 1 aliphatic heterocycles. The molecule has 1 aliphatic rings. The van der Waals surface area contributed by atoms with Crippen LogP contribution in [0.4, 0.5) is 0 Å². The Kier molecular flexibility index (Phi) is 4.66. The summed E-state index contributed by atoms with van der Waals surface area (Å²) in [4.78, 5) is 2.23. The van der Waals surface area contributed by atoms with Crippen molar-refractivity contribution in [3.8, 4) is 0 Å². The molecule has 1 aromatic heterocycles. The van der Waals surface area contributed by atoms with Crippen LogP contribution in [0.25, 0.3) is 10.9 Å². The second kappa shape index (κ2) is 5.99. The van der Waals surface area contributed by atoms with E-state index in [1.54, 1.807) is 0 Å². The number of aromatic nitrogens is 1. The molecule has 4 heteroatoms. The van der Waals surface area contributed by atoms with E-state index >= 15 is 0 Å². The molecule has 0 saturated heterocycles. The van der Waals surface area contributed by atoms with E-state index in [2.05, 4.69) is 61.8 Å². The van der Waals surface area contributed by atoms with Gasteiger partial charge in [0.1, 0.15) is 5.60 Å². The Morgan fingerprint density at radius 3 is 2.71 bits per heavy atom. The third-order valence-electron chi connectivity index (χ3n) is 4.52. The number of nitrogens with zero attached hydrogens (tertiary/aromatic N) is 2. The Bertz CT molecular complexity index is 635. The molecule has 2 aromatic rings. The Balaban J connectivity index is 0.00000161. The molecule has 1 aromatic carbocycles. The van der Waals surface area contributed by atoms with Gasteiger partial charge >= 0.3 is 0 Å². The summed E-state index contributed by atoms with van der Waals surface area (Å²) in [5, 5.41) is 1.39. The molecular weight excluding hydrogens is 284 g/mol. The molecule has 116 valence electrons. The van der Waals surface area contributed by atoms with Crippen LogP contribution in [0.5, 0.6) is 0 Å². The van der Waals surface area contributed by atoms with E-state index in [9.17, 15) is 0 Å². The molecule has 0 amide bonds. The zero-order valence-corrected chi connectivity index (χ0v) is 14.2. The van der Waals surface area contributed by atoms with E-state index < -0.39 is 0 Å². The topological polar surface area (TPSA) is 17.4 Å². The molecule has 0 aliphatic carbocycles. The molecule has 0 radical (unpaired) electrons. The normalized spacial score (nSPS) is 21.4. The number of halogens is 1. The van der Waals surface area contributed by atoms with E-state index in [0.29, 0.717) is 0 Å². The maximum atomic E-state index is 6.21. The highest BCUT2D eigenvalue weighted by Gasteiger charge is 2.37. The molecule has 2 heterocycles. The minimum Gasteiger partial charge on any atom is -0.369 e. The monoisotopic (exact) mass is 308 g/mol. The number of benzene rings is 1. The minimum absolute atomic E-state index is 0. The number of hydrogen-bond acceptors (Lipinski definition) is 2. The highest BCUT2D eigenvalue weighted by atomic mass is 35.5. The average Bonchev–Trinajstić information content (AvgIpc) is 2.73. The first-order valence-electron chi connectivity index (χ1n) is 7.38. The van der Waals surface area contributed by atoms with Crippen molar-refractivity contribution >= 4 is 23.3 Å². The molecule has 1 unspecified atom stereocenters. The van der Waals surface area contributed by atoms with Crippen molar-refractivity contribution in [2.75, 3.05) is 27.2 Å². The number of aryl methyl sites for hydroxylation is 1. The van der Waals surface area contributed by atoms with Crippen molar-refractivity contribution in [1.29, 1.82) is 0 Å². The van der Waals surface area contributed by atoms with Crippen LogP contribution in [0.2, 0.25) is 0 Å². The highest BCUT2D eigenvalue weighted by molar-refractivity contribution is 5.86. The first-order valence-corrected chi connectivity index (χ1v) is 7.38. The van der Waals surface area contributed by atoms with Crippen molar-refractivity contribution in [3.05, 3.63) is 35.5 Å². The van der Waals surface area contributed by atoms with Crippen LogP contribution in [0, 0.1) is 0 Å². The van der Waals surface area contributed by atoms with E-state index in [1.165, 1.54) is 22.2 Å². The van der Waals surface area contributed by atoms with Gasteiger partial charge in [-0.3, -0.25) is 0 Å². The first-order chi connectivity index (χ1) is 9.53. The van der Waals surface area contributed by atoms with Gasteiger partial charge in [-0.05, 0) is 45.5 Å². The van der Waals surface area contributed by atoms with Gasteiger partial charge in [0, 0.05) is 24.5 Å². The van der Waals surface area contributed by atoms with Crippen LogP contribution in [0.15, 0.2) is 24.3 Å². The summed E-state index contributed by atoms with van der Waals surface area (Å²) in [6, 6.07) is 8.70. The third-order valence-corrected chi connectivity index (χ3v) is 4.52. The van der Waals surface area contributed by atoms with Crippen molar-refractivity contribution in [2.24, 2.45) is 7.05 Å². The fourth-order valence-corrected chi connectivity index (χ4v) is 3.47. The lowest BCUT2D eigenvalue weighted by molar-refractivity contribution is -0.0600. The molecular formula is C17H25ClN2O. The van der Waals surface area contributed by atoms with Crippen molar-refractivity contribution in [3.63, 3.8) is 0 Å². The zero-order chi connectivity index (χ0) is 14.3. The van der Waals surface area contributed by atoms with Crippen LogP contribution < -0.4 is 0 Å². The first kappa shape index (κ1) is 16.3. The zero-order valence-electron chi connectivity index (χ0n) is 13.3. The van der Waals surface area contributed by atoms with E-state index in [-0.39, 0.29) is 18.0 Å². The standard InChI is InChI=1S/C17H24N2O.ClH/c1-17(10-11-18(2)3)16-14(9-12-20-17)13-7-5-6-8-15(13)19(16)4;/h5-8H,9-12H2,1-4H3;1H. The van der Waals surface area contributed by atoms with Crippen LogP contribution in [0.1, 0.15) is 24.6 Å². The molecule has 0 bridgehead atoms. The minimum atomic E-state index is -0.175. The fourth-order valence-electron chi connectivity index (χ4n) is 3.47. The summed E-state index contributed by atoms with van der Waals surface area (Å²) < 4.78 is 8.54. The Morgan fingerprint density at radius 1 is 1.29 bits per heavy atom. The summed E-state index contributed by atoms with van der Waals surface area (Å²) in [5.74, 6) is 0. The molecule has 3 nitrogen and oxygen atoms in total. The largest absolute Gasteiger partial charge is 0.369 e. The van der Waals surface area contributed by atoms with Crippen molar-refractivity contribution in [1.82, 2.24) is 9.47 Å². The van der Waals surface area contributed by atoms with Gasteiger partial charge in [0.25, 0.3) is 0 Å². The molecule has 3 rings (SSSR count). The number of fused-ring (bicyclic) bond motifs is 3. The SMILES string of the molecule is CN(C)CCC1(C)OCCc2c1n(C)c1ccccc21.Cl. The van der Waals surface area contributed by atoms with Gasteiger partial charge in [-0.2, -0.15) is 0 Å². The Morgan fingerprint density at radius 2 is 2.00 bits per heavy atom. The van der Waals surface area contributed by atoms with Gasteiger partial charge in [0.05, 0.1) is 12.3 Å². The molecule has 0 spiro atoms. The Hall–Kier alpha value is -1.03. The molecule has 0 N–H and O–H groups in total. The average molecular weight is 309 g/mol. The highest BCUT2D eigenvalue weighted by Crippen LogP contribution is 2.40. The molecule has 0 saturated carbocycles. The van der Waals surface area contributed by atoms with Gasteiger partial charge in [0.15, 0.2) is 0 Å². The fraction of sp³-hybridized carbons (Fsp3) is 0.529. The maximum absolute atomic E-state index is 6.21. The predicted octanol–water partition coefficient (Wildman–Crippen LogP) is 3.34. The van der Waals surface area contributed by atoms with Crippen LogP contribution in [-0.2, 0) is 23.8 Å². The van der Waals surface area contributed by atoms with Crippen LogP contribution in [0.3, 0.4) is 0 Å². The lowest BCUT2D eigenvalue weighted by Crippen LogP contribution is -2.37. The van der Waals surface area contributed by atoms with Crippen LogP contribution >= 0.6 is 12.4 Å². The van der Waals surface area contributed by atoms with Crippen molar-refractivity contribution < 1.29 is 4.74 Å². The summed E-state index contributed by atoms with van der Waals surface area (Å²) in [6.07, 6.45) is 2.05. The molecule has 21 heavy (non-hydrogen) atoms. The van der Waals surface area contributed by atoms with Crippen LogP contribution in [-0.4, -0.2) is 36.7 Å². The summed E-state index contributed by atoms with van der Waals surface area (Å²) >= 11 is 0. The van der Waals surface area contributed by atoms with Gasteiger partial charge in [0.2, 0.25) is 0 Å². The second-order valence-corrected chi connectivity index (χ2v) is 6.29. The summed E-state index contributed by atoms with van der Waals surface area (Å²) in [6.45, 7) is 4.11. The van der Waals surface area contributed by atoms with E-state index in [1.807, 2.05) is 0 Å². The van der Waals surface area contributed by atoms with Crippen molar-refractivity contribution in [2.45, 2.75) is 25.4 Å². The van der Waals surface area contributed by atoms with E-state index in [0.717, 1.165) is 26.0 Å². The smallest absolute Gasteiger partial charge is 0.107 e.